The smallest absolute Gasteiger partial charge is 0.338 e. The van der Waals surface area contributed by atoms with Crippen molar-refractivity contribution in [3.8, 4) is 0 Å². The molecule has 2 aromatic carbocycles. The van der Waals surface area contributed by atoms with E-state index in [2.05, 4.69) is 36.1 Å². The normalized spacial score (nSPS) is 17.4. The Morgan fingerprint density at radius 2 is 1.82 bits per heavy atom. The summed E-state index contributed by atoms with van der Waals surface area (Å²) >= 11 is 0. The Balaban J connectivity index is 1.48. The van der Waals surface area contributed by atoms with Crippen molar-refractivity contribution >= 4 is 5.97 Å². The third-order valence-corrected chi connectivity index (χ3v) is 5.63. The van der Waals surface area contributed by atoms with Gasteiger partial charge in [-0.05, 0) is 61.9 Å². The topological polar surface area (TPSA) is 29.5 Å². The summed E-state index contributed by atoms with van der Waals surface area (Å²) in [6.07, 6.45) is 8.33. The average Bonchev–Trinajstić information content (AvgIpc) is 2.76. The highest BCUT2D eigenvalue weighted by atomic mass is 16.5. The van der Waals surface area contributed by atoms with Gasteiger partial charge in [0.2, 0.25) is 0 Å². The van der Waals surface area contributed by atoms with Gasteiger partial charge in [-0.3, -0.25) is 4.90 Å². The number of hydrogen-bond donors (Lipinski definition) is 0. The van der Waals surface area contributed by atoms with Crippen molar-refractivity contribution in [1.29, 1.82) is 0 Å². The van der Waals surface area contributed by atoms with E-state index in [1.54, 1.807) is 12.1 Å². The molecule has 1 heterocycles. The number of hydrogen-bond acceptors (Lipinski definition) is 3. The van der Waals surface area contributed by atoms with Crippen LogP contribution in [0.4, 0.5) is 0 Å². The number of rotatable bonds is 9. The van der Waals surface area contributed by atoms with Gasteiger partial charge in [-0.1, -0.05) is 62.2 Å². The molecule has 0 spiro atoms. The van der Waals surface area contributed by atoms with Crippen molar-refractivity contribution in [3.63, 3.8) is 0 Å². The molecule has 3 heteroatoms. The number of carbonyl (C=O) groups excluding carboxylic acids is 1. The molecule has 0 bridgehead atoms. The van der Waals surface area contributed by atoms with Gasteiger partial charge in [0.1, 0.15) is 0 Å². The van der Waals surface area contributed by atoms with Crippen LogP contribution < -0.4 is 0 Å². The zero-order valence-corrected chi connectivity index (χ0v) is 17.1. The van der Waals surface area contributed by atoms with E-state index in [0.717, 1.165) is 19.5 Å². The Morgan fingerprint density at radius 1 is 1.04 bits per heavy atom. The Bertz CT molecular complexity index is 711. The second kappa shape index (κ2) is 11.0. The Kier molecular flexibility index (Phi) is 8.10. The maximum absolute atomic E-state index is 12.1. The van der Waals surface area contributed by atoms with E-state index in [0.29, 0.717) is 18.2 Å². The molecule has 1 aliphatic rings. The highest BCUT2D eigenvalue weighted by molar-refractivity contribution is 5.89. The van der Waals surface area contributed by atoms with E-state index in [1.807, 2.05) is 18.2 Å². The highest BCUT2D eigenvalue weighted by Crippen LogP contribution is 2.31. The van der Waals surface area contributed by atoms with Gasteiger partial charge in [-0.2, -0.15) is 0 Å². The number of benzene rings is 2. The monoisotopic (exact) mass is 379 g/mol. The molecule has 0 saturated carbocycles. The van der Waals surface area contributed by atoms with Crippen molar-refractivity contribution in [2.45, 2.75) is 57.9 Å². The van der Waals surface area contributed by atoms with Crippen molar-refractivity contribution in [1.82, 2.24) is 4.90 Å². The molecule has 0 aromatic heterocycles. The number of nitrogens with zero attached hydrogens (tertiary/aromatic N) is 1. The second-order valence-electron chi connectivity index (χ2n) is 7.75. The SMILES string of the molecule is CCCCc1ccc(C2CCCCN2CCCOC(=O)c2ccccc2)cc1. The van der Waals surface area contributed by atoms with Gasteiger partial charge in [0.15, 0.2) is 0 Å². The van der Waals surface area contributed by atoms with Crippen molar-refractivity contribution in [3.05, 3.63) is 71.3 Å². The summed E-state index contributed by atoms with van der Waals surface area (Å²) in [4.78, 5) is 14.6. The minimum Gasteiger partial charge on any atom is -0.462 e. The molecule has 3 nitrogen and oxygen atoms in total. The van der Waals surface area contributed by atoms with Crippen LogP contribution in [0, 0.1) is 0 Å². The highest BCUT2D eigenvalue weighted by Gasteiger charge is 2.23. The number of esters is 1. The summed E-state index contributed by atoms with van der Waals surface area (Å²) in [5.41, 5.74) is 3.50. The molecule has 1 aliphatic heterocycles. The molecule has 150 valence electrons. The fraction of sp³-hybridized carbons (Fsp3) is 0.480. The Hall–Kier alpha value is -2.13. The van der Waals surface area contributed by atoms with E-state index >= 15 is 0 Å². The van der Waals surface area contributed by atoms with Crippen LogP contribution in [-0.2, 0) is 11.2 Å². The van der Waals surface area contributed by atoms with Crippen LogP contribution in [0.25, 0.3) is 0 Å². The third kappa shape index (κ3) is 5.93. The second-order valence-corrected chi connectivity index (χ2v) is 7.75. The zero-order valence-electron chi connectivity index (χ0n) is 17.1. The standard InChI is InChI=1S/C25H33NO2/c1-2-3-10-21-14-16-22(17-15-21)24-13-7-8-18-26(24)19-9-20-28-25(27)23-11-5-4-6-12-23/h4-6,11-12,14-17,24H,2-3,7-10,13,18-20H2,1H3. The summed E-state index contributed by atoms with van der Waals surface area (Å²) in [7, 11) is 0. The van der Waals surface area contributed by atoms with Crippen LogP contribution in [0.1, 0.15) is 73.0 Å². The lowest BCUT2D eigenvalue weighted by Crippen LogP contribution is -2.34. The predicted molar refractivity (Wildman–Crippen MR) is 115 cm³/mol. The number of unbranched alkanes of at least 4 members (excludes halogenated alkanes) is 1. The van der Waals surface area contributed by atoms with Crippen LogP contribution in [0.2, 0.25) is 0 Å². The predicted octanol–water partition coefficient (Wildman–Crippen LogP) is 5.80. The lowest BCUT2D eigenvalue weighted by molar-refractivity contribution is 0.0472. The fourth-order valence-corrected chi connectivity index (χ4v) is 4.01. The van der Waals surface area contributed by atoms with Gasteiger partial charge in [0.05, 0.1) is 12.2 Å². The van der Waals surface area contributed by atoms with Crippen LogP contribution in [-0.4, -0.2) is 30.6 Å². The molecule has 0 amide bonds. The molecule has 1 saturated heterocycles. The van der Waals surface area contributed by atoms with Gasteiger partial charge < -0.3 is 4.74 Å². The maximum atomic E-state index is 12.1. The summed E-state index contributed by atoms with van der Waals surface area (Å²) < 4.78 is 5.45. The number of carbonyl (C=O) groups is 1. The lowest BCUT2D eigenvalue weighted by atomic mass is 9.94. The first-order valence-corrected chi connectivity index (χ1v) is 10.8. The van der Waals surface area contributed by atoms with Gasteiger partial charge in [-0.25, -0.2) is 4.79 Å². The summed E-state index contributed by atoms with van der Waals surface area (Å²) in [5, 5.41) is 0. The van der Waals surface area contributed by atoms with E-state index in [1.165, 1.54) is 49.7 Å². The maximum Gasteiger partial charge on any atom is 0.338 e. The molecule has 28 heavy (non-hydrogen) atoms. The van der Waals surface area contributed by atoms with E-state index < -0.39 is 0 Å². The van der Waals surface area contributed by atoms with Gasteiger partial charge in [0.25, 0.3) is 0 Å². The molecule has 0 N–H and O–H groups in total. The third-order valence-electron chi connectivity index (χ3n) is 5.63. The molecular weight excluding hydrogens is 346 g/mol. The summed E-state index contributed by atoms with van der Waals surface area (Å²) in [6.45, 7) is 4.83. The molecule has 3 rings (SSSR count). The minimum absolute atomic E-state index is 0.224. The van der Waals surface area contributed by atoms with Crippen LogP contribution >= 0.6 is 0 Å². The Morgan fingerprint density at radius 3 is 2.57 bits per heavy atom. The first kappa shape index (κ1) is 20.6. The molecule has 0 aliphatic carbocycles. The Labute approximate surface area is 169 Å². The number of ether oxygens (including phenoxy) is 1. The average molecular weight is 380 g/mol. The van der Waals surface area contributed by atoms with Gasteiger partial charge in [0, 0.05) is 12.6 Å². The minimum atomic E-state index is -0.224. The van der Waals surface area contributed by atoms with Gasteiger partial charge >= 0.3 is 5.97 Å². The fourth-order valence-electron chi connectivity index (χ4n) is 4.01. The molecule has 0 radical (unpaired) electrons. The largest absolute Gasteiger partial charge is 0.462 e. The first-order valence-electron chi connectivity index (χ1n) is 10.8. The summed E-state index contributed by atoms with van der Waals surface area (Å²) in [5.74, 6) is -0.224. The molecule has 1 unspecified atom stereocenters. The first-order chi connectivity index (χ1) is 13.8. The molecule has 1 fully saturated rings. The quantitative estimate of drug-likeness (QED) is 0.407. The lowest BCUT2D eigenvalue weighted by Gasteiger charge is -2.36. The zero-order chi connectivity index (χ0) is 19.6. The molecular formula is C25H33NO2. The molecule has 2 aromatic rings. The number of piperidine rings is 1. The van der Waals surface area contributed by atoms with Gasteiger partial charge in [-0.15, -0.1) is 0 Å². The van der Waals surface area contributed by atoms with Crippen molar-refractivity contribution in [2.24, 2.45) is 0 Å². The number of aryl methyl sites for hydroxylation is 1. The van der Waals surface area contributed by atoms with E-state index in [9.17, 15) is 4.79 Å². The van der Waals surface area contributed by atoms with E-state index in [-0.39, 0.29) is 5.97 Å². The number of likely N-dealkylation sites (tertiary alicyclic amines) is 1. The summed E-state index contributed by atoms with van der Waals surface area (Å²) in [6, 6.07) is 19.0. The van der Waals surface area contributed by atoms with E-state index in [4.69, 9.17) is 4.74 Å². The van der Waals surface area contributed by atoms with Crippen LogP contribution in [0.15, 0.2) is 54.6 Å². The van der Waals surface area contributed by atoms with Crippen LogP contribution in [0.3, 0.4) is 0 Å². The van der Waals surface area contributed by atoms with Crippen LogP contribution in [0.5, 0.6) is 0 Å². The van der Waals surface area contributed by atoms with Crippen molar-refractivity contribution < 1.29 is 9.53 Å². The molecule has 1 atom stereocenters. The van der Waals surface area contributed by atoms with Crippen molar-refractivity contribution in [2.75, 3.05) is 19.7 Å².